The number of rotatable bonds is 3. The zero-order chi connectivity index (χ0) is 18.1. The van der Waals surface area contributed by atoms with Gasteiger partial charge in [0.05, 0.1) is 22.8 Å². The molecule has 126 valence electrons. The van der Waals surface area contributed by atoms with Crippen LogP contribution in [0.1, 0.15) is 11.3 Å². The Bertz CT molecular complexity index is 826. The van der Waals surface area contributed by atoms with Crippen LogP contribution in [0.15, 0.2) is 39.9 Å². The van der Waals surface area contributed by atoms with Gasteiger partial charge in [0.15, 0.2) is 0 Å². The highest BCUT2D eigenvalue weighted by Gasteiger charge is 2.37. The molecular formula is C15H7Cl4F3N2. The number of hydrogen-bond acceptors (Lipinski definition) is 1. The van der Waals surface area contributed by atoms with Gasteiger partial charge < -0.3 is 4.57 Å². The number of alkyl halides is 3. The van der Waals surface area contributed by atoms with E-state index in [-0.39, 0.29) is 21.8 Å². The topological polar surface area (TPSA) is 28.7 Å². The van der Waals surface area contributed by atoms with Gasteiger partial charge in [-0.25, -0.2) is 0 Å². The summed E-state index contributed by atoms with van der Waals surface area (Å²) in [4.78, 5) is 0. The van der Waals surface area contributed by atoms with Crippen molar-refractivity contribution in [1.29, 1.82) is 5.26 Å². The lowest BCUT2D eigenvalue weighted by molar-refractivity contribution is -0.137. The maximum Gasteiger partial charge on any atom is 0.419 e. The fraction of sp³-hybridized carbons (Fsp3) is 0.133. The highest BCUT2D eigenvalue weighted by atomic mass is 35.5. The van der Waals surface area contributed by atoms with Crippen LogP contribution < -0.4 is 0 Å². The number of aromatic nitrogens is 1. The minimum absolute atomic E-state index is 0.0885. The van der Waals surface area contributed by atoms with Crippen LogP contribution in [-0.4, -0.2) is 4.57 Å². The zero-order valence-electron chi connectivity index (χ0n) is 11.6. The van der Waals surface area contributed by atoms with Gasteiger partial charge in [-0.2, -0.15) is 18.4 Å². The second-order valence-electron chi connectivity index (χ2n) is 4.66. The molecule has 0 radical (unpaired) electrons. The lowest BCUT2D eigenvalue weighted by Crippen LogP contribution is -2.09. The van der Waals surface area contributed by atoms with Crippen LogP contribution in [0.5, 0.6) is 0 Å². The molecule has 24 heavy (non-hydrogen) atoms. The van der Waals surface area contributed by atoms with Gasteiger partial charge in [-0.15, -0.1) is 0 Å². The first kappa shape index (κ1) is 19.0. The van der Waals surface area contributed by atoms with Crippen molar-refractivity contribution in [2.45, 2.75) is 12.7 Å². The number of halogens is 7. The third kappa shape index (κ3) is 4.01. The lowest BCUT2D eigenvalue weighted by atomic mass is 10.1. The van der Waals surface area contributed by atoms with E-state index in [1.807, 2.05) is 0 Å². The first-order chi connectivity index (χ1) is 11.1. The van der Waals surface area contributed by atoms with E-state index in [1.54, 1.807) is 6.07 Å². The van der Waals surface area contributed by atoms with Crippen molar-refractivity contribution in [1.82, 2.24) is 4.57 Å². The molecule has 0 atom stereocenters. The van der Waals surface area contributed by atoms with Crippen molar-refractivity contribution in [3.63, 3.8) is 0 Å². The quantitative estimate of drug-likeness (QED) is 0.558. The predicted octanol–water partition coefficient (Wildman–Crippen LogP) is 6.58. The van der Waals surface area contributed by atoms with Gasteiger partial charge in [0, 0.05) is 5.02 Å². The van der Waals surface area contributed by atoms with Gasteiger partial charge in [-0.3, -0.25) is 0 Å². The van der Waals surface area contributed by atoms with E-state index in [0.717, 1.165) is 10.6 Å². The highest BCUT2D eigenvalue weighted by molar-refractivity contribution is 6.59. The molecule has 0 fully saturated rings. The van der Waals surface area contributed by atoms with Gasteiger partial charge in [0.1, 0.15) is 16.3 Å². The van der Waals surface area contributed by atoms with Crippen molar-refractivity contribution in [2.24, 2.45) is 0 Å². The summed E-state index contributed by atoms with van der Waals surface area (Å²) in [5, 5.41) is 9.54. The SMILES string of the molecule is N#Cc1c(C(F)(F)F)cc(-c2ccc(Cl)cc2)n1CC(Cl)=C(Cl)Cl. The largest absolute Gasteiger partial charge is 0.419 e. The van der Waals surface area contributed by atoms with Crippen LogP contribution in [0.25, 0.3) is 11.3 Å². The Morgan fingerprint density at radius 3 is 2.17 bits per heavy atom. The maximum atomic E-state index is 13.2. The third-order valence-electron chi connectivity index (χ3n) is 3.15. The Hall–Kier alpha value is -1.32. The molecule has 1 aromatic carbocycles. The van der Waals surface area contributed by atoms with E-state index >= 15 is 0 Å². The molecule has 0 amide bonds. The van der Waals surface area contributed by atoms with E-state index in [9.17, 15) is 18.4 Å². The fourth-order valence-corrected chi connectivity index (χ4v) is 2.47. The highest BCUT2D eigenvalue weighted by Crippen LogP contribution is 2.38. The molecule has 1 heterocycles. The minimum atomic E-state index is -4.70. The molecule has 0 N–H and O–H groups in total. The Kier molecular flexibility index (Phi) is 5.77. The Labute approximate surface area is 155 Å². The molecule has 2 aromatic rings. The van der Waals surface area contributed by atoms with Crippen molar-refractivity contribution >= 4 is 46.4 Å². The Balaban J connectivity index is 2.73. The van der Waals surface area contributed by atoms with E-state index in [4.69, 9.17) is 46.4 Å². The molecule has 2 nitrogen and oxygen atoms in total. The standard InChI is InChI=1S/C15H7Cl4F3N2/c16-9-3-1-8(2-4-9)12-5-10(15(20,21)22)13(6-23)24(12)7-11(17)14(18)19/h1-5H,7H2. The van der Waals surface area contributed by atoms with Crippen LogP contribution in [0, 0.1) is 11.3 Å². The summed E-state index contributed by atoms with van der Waals surface area (Å²) in [6, 6.07) is 8.58. The summed E-state index contributed by atoms with van der Waals surface area (Å²) in [5.41, 5.74) is -1.07. The Morgan fingerprint density at radius 1 is 1.12 bits per heavy atom. The molecule has 0 spiro atoms. The van der Waals surface area contributed by atoms with Gasteiger partial charge in [-0.1, -0.05) is 58.5 Å². The molecule has 0 aliphatic carbocycles. The van der Waals surface area contributed by atoms with Crippen molar-refractivity contribution in [2.75, 3.05) is 0 Å². The number of benzene rings is 1. The van der Waals surface area contributed by atoms with Gasteiger partial charge >= 0.3 is 6.18 Å². The van der Waals surface area contributed by atoms with Crippen molar-refractivity contribution < 1.29 is 13.2 Å². The average molecular weight is 414 g/mol. The summed E-state index contributed by atoms with van der Waals surface area (Å²) < 4.78 is 40.5. The number of nitriles is 1. The van der Waals surface area contributed by atoms with Crippen LogP contribution >= 0.6 is 46.4 Å². The predicted molar refractivity (Wildman–Crippen MR) is 89.2 cm³/mol. The summed E-state index contributed by atoms with van der Waals surface area (Å²) >= 11 is 22.8. The number of allylic oxidation sites excluding steroid dienone is 1. The van der Waals surface area contributed by atoms with Crippen LogP contribution in [-0.2, 0) is 12.7 Å². The van der Waals surface area contributed by atoms with E-state index in [1.165, 1.54) is 24.3 Å². The van der Waals surface area contributed by atoms with Gasteiger partial charge in [0.2, 0.25) is 0 Å². The smallest absolute Gasteiger partial charge is 0.326 e. The van der Waals surface area contributed by atoms with E-state index in [0.29, 0.717) is 10.6 Å². The second kappa shape index (κ2) is 7.28. The molecule has 0 bridgehead atoms. The molecule has 1 aromatic heterocycles. The number of hydrogen-bond donors (Lipinski definition) is 0. The second-order valence-corrected chi connectivity index (χ2v) is 6.50. The summed E-state index contributed by atoms with van der Waals surface area (Å²) in [7, 11) is 0. The van der Waals surface area contributed by atoms with Crippen molar-refractivity contribution in [3.8, 4) is 17.3 Å². The molecule has 0 aliphatic rings. The first-order valence-electron chi connectivity index (χ1n) is 6.31. The first-order valence-corrected chi connectivity index (χ1v) is 7.82. The molecule has 2 rings (SSSR count). The normalized spacial score (nSPS) is 11.2. The third-order valence-corrected chi connectivity index (χ3v) is 4.36. The maximum absolute atomic E-state index is 13.2. The Morgan fingerprint density at radius 2 is 1.71 bits per heavy atom. The molecule has 0 unspecified atom stereocenters. The van der Waals surface area contributed by atoms with Crippen LogP contribution in [0.2, 0.25) is 5.02 Å². The van der Waals surface area contributed by atoms with E-state index in [2.05, 4.69) is 0 Å². The molecule has 0 aliphatic heterocycles. The summed E-state index contributed by atoms with van der Waals surface area (Å²) in [6.45, 7) is -0.277. The van der Waals surface area contributed by atoms with Gasteiger partial charge in [-0.05, 0) is 23.8 Å². The van der Waals surface area contributed by atoms with Gasteiger partial charge in [0.25, 0.3) is 0 Å². The van der Waals surface area contributed by atoms with Crippen molar-refractivity contribution in [3.05, 3.63) is 56.1 Å². The number of nitrogens with zero attached hydrogens (tertiary/aromatic N) is 2. The monoisotopic (exact) mass is 412 g/mol. The van der Waals surface area contributed by atoms with Crippen LogP contribution in [0.4, 0.5) is 13.2 Å². The molecule has 0 saturated carbocycles. The van der Waals surface area contributed by atoms with Crippen LogP contribution in [0.3, 0.4) is 0 Å². The average Bonchev–Trinajstić information content (AvgIpc) is 2.86. The van der Waals surface area contributed by atoms with E-state index < -0.39 is 17.4 Å². The summed E-state index contributed by atoms with van der Waals surface area (Å²) in [5.74, 6) is 0. The summed E-state index contributed by atoms with van der Waals surface area (Å²) in [6.07, 6.45) is -4.70. The molecular weight excluding hydrogens is 407 g/mol. The minimum Gasteiger partial charge on any atom is -0.326 e. The molecule has 0 saturated heterocycles. The zero-order valence-corrected chi connectivity index (χ0v) is 14.7. The lowest BCUT2D eigenvalue weighted by Gasteiger charge is -2.11. The molecule has 9 heteroatoms. The fourth-order valence-electron chi connectivity index (χ4n) is 2.11.